The van der Waals surface area contributed by atoms with Gasteiger partial charge in [0, 0.05) is 19.1 Å². The minimum atomic E-state index is -0.572. The predicted molar refractivity (Wildman–Crippen MR) is 34.7 cm³/mol. The number of rotatable bonds is 4. The van der Waals surface area contributed by atoms with Crippen molar-refractivity contribution in [3.63, 3.8) is 0 Å². The summed E-state index contributed by atoms with van der Waals surface area (Å²) in [7, 11) is 0. The van der Waals surface area contributed by atoms with Gasteiger partial charge >= 0.3 is 0 Å². The quantitative estimate of drug-likeness (QED) is 0.538. The van der Waals surface area contributed by atoms with Crippen LogP contribution in [0.25, 0.3) is 0 Å². The summed E-state index contributed by atoms with van der Waals surface area (Å²) < 4.78 is 0. The third-order valence-electron chi connectivity index (χ3n) is 0.853. The number of aliphatic hydroxyl groups is 1. The average Bonchev–Trinajstić information content (AvgIpc) is 1.63. The van der Waals surface area contributed by atoms with Gasteiger partial charge in [0.25, 0.3) is 0 Å². The molecule has 3 nitrogen and oxygen atoms in total. The second kappa shape index (κ2) is 4.21. The van der Waals surface area contributed by atoms with Gasteiger partial charge in [0.15, 0.2) is 0 Å². The van der Waals surface area contributed by atoms with Crippen molar-refractivity contribution in [2.24, 2.45) is 0 Å². The summed E-state index contributed by atoms with van der Waals surface area (Å²) in [5, 5.41) is 15.2. The van der Waals surface area contributed by atoms with Crippen LogP contribution in [0.1, 0.15) is 19.8 Å². The normalized spacial score (nSPS) is 12.7. The minimum Gasteiger partial charge on any atom is -0.393 e. The van der Waals surface area contributed by atoms with Crippen molar-refractivity contribution >= 4 is 12.0 Å². The van der Waals surface area contributed by atoms with E-state index in [0.717, 1.165) is 6.21 Å². The largest absolute Gasteiger partial charge is 0.393 e. The molecule has 0 fully saturated rings. The van der Waals surface area contributed by atoms with Crippen LogP contribution in [-0.2, 0) is 4.79 Å². The van der Waals surface area contributed by atoms with Crippen LogP contribution in [0.2, 0.25) is 0 Å². The molecule has 0 bridgehead atoms. The lowest BCUT2D eigenvalue weighted by Crippen LogP contribution is -2.08. The third-order valence-corrected chi connectivity index (χ3v) is 0.853. The molecule has 0 saturated carbocycles. The van der Waals surface area contributed by atoms with Gasteiger partial charge in [-0.05, 0) is 6.92 Å². The number of hydrogen-bond acceptors (Lipinski definition) is 3. The van der Waals surface area contributed by atoms with Crippen LogP contribution < -0.4 is 0 Å². The molecule has 9 heavy (non-hydrogen) atoms. The minimum absolute atomic E-state index is 0.0833. The van der Waals surface area contributed by atoms with Crippen LogP contribution in [0.3, 0.4) is 0 Å². The van der Waals surface area contributed by atoms with Crippen LogP contribution in [0.4, 0.5) is 0 Å². The number of ketones is 1. The monoisotopic (exact) mass is 129 g/mol. The molecule has 0 amide bonds. The molecule has 0 saturated heterocycles. The maximum absolute atomic E-state index is 10.5. The van der Waals surface area contributed by atoms with Gasteiger partial charge in [-0.15, -0.1) is 0 Å². The van der Waals surface area contributed by atoms with Crippen molar-refractivity contribution in [3.8, 4) is 0 Å². The van der Waals surface area contributed by atoms with E-state index in [1.165, 1.54) is 0 Å². The molecular weight excluding hydrogens is 118 g/mol. The summed E-state index contributed by atoms with van der Waals surface area (Å²) in [6.07, 6.45) is 0.780. The maximum Gasteiger partial charge on any atom is 0.140 e. The fourth-order valence-electron chi connectivity index (χ4n) is 0.527. The second-order valence-electron chi connectivity index (χ2n) is 2.00. The highest BCUT2D eigenvalue weighted by Crippen LogP contribution is 1.92. The van der Waals surface area contributed by atoms with E-state index >= 15 is 0 Å². The van der Waals surface area contributed by atoms with E-state index in [-0.39, 0.29) is 18.6 Å². The zero-order valence-corrected chi connectivity index (χ0v) is 5.42. The molecule has 0 aromatic carbocycles. The smallest absolute Gasteiger partial charge is 0.140 e. The van der Waals surface area contributed by atoms with Gasteiger partial charge in [-0.1, -0.05) is 0 Å². The molecule has 0 aromatic rings. The molecule has 1 atom stereocenters. The first-order valence-corrected chi connectivity index (χ1v) is 2.85. The van der Waals surface area contributed by atoms with Crippen LogP contribution >= 0.6 is 0 Å². The van der Waals surface area contributed by atoms with Crippen molar-refractivity contribution in [1.29, 1.82) is 5.41 Å². The third kappa shape index (κ3) is 5.17. The lowest BCUT2D eigenvalue weighted by atomic mass is 10.1. The topological polar surface area (TPSA) is 61.1 Å². The van der Waals surface area contributed by atoms with E-state index < -0.39 is 6.10 Å². The van der Waals surface area contributed by atoms with Gasteiger partial charge in [0.05, 0.1) is 6.10 Å². The number of nitrogens with one attached hydrogen (secondary N) is 1. The van der Waals surface area contributed by atoms with E-state index in [1.54, 1.807) is 6.92 Å². The van der Waals surface area contributed by atoms with E-state index in [9.17, 15) is 4.79 Å². The van der Waals surface area contributed by atoms with Gasteiger partial charge in [-0.25, -0.2) is 0 Å². The van der Waals surface area contributed by atoms with Gasteiger partial charge in [0.2, 0.25) is 0 Å². The van der Waals surface area contributed by atoms with Crippen molar-refractivity contribution in [2.75, 3.05) is 0 Å². The average molecular weight is 129 g/mol. The Bertz CT molecular complexity index is 110. The van der Waals surface area contributed by atoms with Crippen LogP contribution in [-0.4, -0.2) is 23.2 Å². The highest BCUT2D eigenvalue weighted by Gasteiger charge is 2.02. The highest BCUT2D eigenvalue weighted by molar-refractivity contribution is 5.90. The number of aliphatic hydroxyl groups excluding tert-OH is 1. The van der Waals surface area contributed by atoms with E-state index in [4.69, 9.17) is 10.5 Å². The highest BCUT2D eigenvalue weighted by atomic mass is 16.3. The first-order valence-electron chi connectivity index (χ1n) is 2.85. The molecule has 0 unspecified atom stereocenters. The van der Waals surface area contributed by atoms with Crippen molar-refractivity contribution < 1.29 is 9.90 Å². The first-order chi connectivity index (χ1) is 4.16. The van der Waals surface area contributed by atoms with E-state index in [1.807, 2.05) is 0 Å². The van der Waals surface area contributed by atoms with Crippen LogP contribution in [0.15, 0.2) is 0 Å². The zero-order valence-electron chi connectivity index (χ0n) is 5.42. The second-order valence-corrected chi connectivity index (χ2v) is 2.00. The zero-order chi connectivity index (χ0) is 7.28. The van der Waals surface area contributed by atoms with Crippen LogP contribution in [0, 0.1) is 5.41 Å². The Labute approximate surface area is 54.2 Å². The molecule has 2 N–H and O–H groups in total. The Kier molecular flexibility index (Phi) is 3.88. The number of carbonyl (C=O) groups is 1. The molecule has 0 aliphatic rings. The lowest BCUT2D eigenvalue weighted by molar-refractivity contribution is -0.119. The van der Waals surface area contributed by atoms with E-state index in [0.29, 0.717) is 0 Å². The molecule has 3 heteroatoms. The SMILES string of the molecule is C[C@@H](O)CC(=O)CC=N. The van der Waals surface area contributed by atoms with Gasteiger partial charge < -0.3 is 10.5 Å². The summed E-state index contributed by atoms with van der Waals surface area (Å²) in [4.78, 5) is 10.5. The summed E-state index contributed by atoms with van der Waals surface area (Å²) in [5.74, 6) is -0.0833. The van der Waals surface area contributed by atoms with Crippen molar-refractivity contribution in [3.05, 3.63) is 0 Å². The number of hydrogen-bond donors (Lipinski definition) is 2. The van der Waals surface area contributed by atoms with Gasteiger partial charge in [-0.2, -0.15) is 0 Å². The van der Waals surface area contributed by atoms with Gasteiger partial charge in [0.1, 0.15) is 5.78 Å². The lowest BCUT2D eigenvalue weighted by Gasteiger charge is -1.98. The Morgan fingerprint density at radius 3 is 2.78 bits per heavy atom. The Hall–Kier alpha value is -0.700. The summed E-state index contributed by atoms with van der Waals surface area (Å²) >= 11 is 0. The molecule has 0 rings (SSSR count). The van der Waals surface area contributed by atoms with E-state index in [2.05, 4.69) is 0 Å². The first kappa shape index (κ1) is 8.30. The predicted octanol–water partition coefficient (Wildman–Crippen LogP) is 0.366. The fourth-order valence-corrected chi connectivity index (χ4v) is 0.527. The van der Waals surface area contributed by atoms with Crippen molar-refractivity contribution in [2.45, 2.75) is 25.9 Å². The number of carbonyl (C=O) groups excluding carboxylic acids is 1. The maximum atomic E-state index is 10.5. The fraction of sp³-hybridized carbons (Fsp3) is 0.667. The summed E-state index contributed by atoms with van der Waals surface area (Å²) in [6.45, 7) is 1.56. The Balaban J connectivity index is 3.38. The summed E-state index contributed by atoms with van der Waals surface area (Å²) in [6, 6.07) is 0. The Morgan fingerprint density at radius 2 is 2.44 bits per heavy atom. The van der Waals surface area contributed by atoms with Gasteiger partial charge in [-0.3, -0.25) is 4.79 Å². The molecule has 0 aliphatic heterocycles. The standard InChI is InChI=1S/C6H11NO2/c1-5(8)4-6(9)2-3-7/h3,5,7-8H,2,4H2,1H3/t5-/m1/s1. The molecule has 52 valence electrons. The molecule has 0 aliphatic carbocycles. The summed E-state index contributed by atoms with van der Waals surface area (Å²) in [5.41, 5.74) is 0. The van der Waals surface area contributed by atoms with Crippen molar-refractivity contribution in [1.82, 2.24) is 0 Å². The Morgan fingerprint density at radius 1 is 1.89 bits per heavy atom. The molecule has 0 radical (unpaired) electrons. The van der Waals surface area contributed by atoms with Crippen LogP contribution in [0.5, 0.6) is 0 Å². The number of Topliss-reactive ketones (excluding diaryl/α,β-unsaturated/α-hetero) is 1. The molecular formula is C6H11NO2. The molecule has 0 heterocycles. The molecule has 0 spiro atoms. The molecule has 0 aromatic heterocycles.